The minimum absolute atomic E-state index is 0.0508. The molecule has 2 aromatic carbocycles. The molecule has 1 amide bonds. The molecule has 0 fully saturated rings. The van der Waals surface area contributed by atoms with E-state index in [4.69, 9.17) is 0 Å². The summed E-state index contributed by atoms with van der Waals surface area (Å²) in [6.45, 7) is 5.33. The molecule has 0 saturated heterocycles. The quantitative estimate of drug-likeness (QED) is 0.706. The molecule has 26 heavy (non-hydrogen) atoms. The molecular weight excluding hydrogens is 322 g/mol. The molecule has 0 aliphatic carbocycles. The van der Waals surface area contributed by atoms with E-state index in [-0.39, 0.29) is 5.91 Å². The number of nitrogens with zero attached hydrogens (tertiary/aromatic N) is 2. The van der Waals surface area contributed by atoms with E-state index in [0.717, 1.165) is 11.4 Å². The number of hydrogen-bond acceptors (Lipinski definition) is 3. The lowest BCUT2D eigenvalue weighted by Gasteiger charge is -2.21. The summed E-state index contributed by atoms with van der Waals surface area (Å²) in [6.07, 6.45) is 3.36. The lowest BCUT2D eigenvalue weighted by Crippen LogP contribution is -2.30. The van der Waals surface area contributed by atoms with Gasteiger partial charge in [-0.1, -0.05) is 48.0 Å². The maximum Gasteiger partial charge on any atom is 0.259 e. The zero-order valence-corrected chi connectivity index (χ0v) is 15.1. The molecule has 4 nitrogen and oxygen atoms in total. The van der Waals surface area contributed by atoms with E-state index >= 15 is 0 Å². The first-order valence-corrected chi connectivity index (χ1v) is 8.78. The van der Waals surface area contributed by atoms with Crippen LogP contribution in [0.3, 0.4) is 0 Å². The van der Waals surface area contributed by atoms with Crippen LogP contribution in [-0.4, -0.2) is 17.4 Å². The van der Waals surface area contributed by atoms with Gasteiger partial charge in [0.15, 0.2) is 0 Å². The fraction of sp³-hybridized carbons (Fsp3) is 0.182. The average molecular weight is 345 g/mol. The smallest absolute Gasteiger partial charge is 0.259 e. The summed E-state index contributed by atoms with van der Waals surface area (Å²) in [7, 11) is 0. The van der Waals surface area contributed by atoms with Crippen LogP contribution >= 0.6 is 0 Å². The fourth-order valence-corrected chi connectivity index (χ4v) is 2.77. The zero-order valence-electron chi connectivity index (χ0n) is 15.1. The monoisotopic (exact) mass is 345 g/mol. The number of nitrogens with one attached hydrogen (secondary N) is 1. The van der Waals surface area contributed by atoms with Crippen LogP contribution in [0.4, 0.5) is 11.4 Å². The summed E-state index contributed by atoms with van der Waals surface area (Å²) < 4.78 is 0. The Balaban J connectivity index is 1.73. The van der Waals surface area contributed by atoms with E-state index in [2.05, 4.69) is 41.5 Å². The fourth-order valence-electron chi connectivity index (χ4n) is 2.77. The highest BCUT2D eigenvalue weighted by atomic mass is 16.2. The molecule has 1 N–H and O–H groups in total. The number of rotatable bonds is 6. The van der Waals surface area contributed by atoms with Crippen LogP contribution in [0.5, 0.6) is 0 Å². The lowest BCUT2D eigenvalue weighted by atomic mass is 10.1. The van der Waals surface area contributed by atoms with Gasteiger partial charge in [-0.15, -0.1) is 0 Å². The number of anilines is 2. The van der Waals surface area contributed by atoms with E-state index in [1.54, 1.807) is 17.3 Å². The van der Waals surface area contributed by atoms with Crippen molar-refractivity contribution >= 4 is 17.3 Å². The van der Waals surface area contributed by atoms with Crippen LogP contribution < -0.4 is 10.2 Å². The normalized spacial score (nSPS) is 10.4. The van der Waals surface area contributed by atoms with Gasteiger partial charge < -0.3 is 10.2 Å². The molecule has 3 aromatic rings. The molecule has 132 valence electrons. The van der Waals surface area contributed by atoms with Crippen LogP contribution in [0.25, 0.3) is 0 Å². The van der Waals surface area contributed by atoms with E-state index in [1.165, 1.54) is 11.1 Å². The number of hydrogen-bond donors (Lipinski definition) is 1. The molecule has 1 heterocycles. The molecule has 4 heteroatoms. The molecule has 0 aliphatic rings. The first-order valence-electron chi connectivity index (χ1n) is 8.78. The Morgan fingerprint density at radius 3 is 2.46 bits per heavy atom. The lowest BCUT2D eigenvalue weighted by molar-refractivity contribution is 0.0988. The van der Waals surface area contributed by atoms with Gasteiger partial charge in [0, 0.05) is 31.2 Å². The number of para-hydroxylation sites is 1. The Labute approximate surface area is 154 Å². The Morgan fingerprint density at radius 1 is 1.04 bits per heavy atom. The Morgan fingerprint density at radius 2 is 1.77 bits per heavy atom. The maximum atomic E-state index is 12.9. The second-order valence-corrected chi connectivity index (χ2v) is 6.19. The zero-order chi connectivity index (χ0) is 18.4. The number of amides is 1. The number of aromatic nitrogens is 1. The molecule has 0 radical (unpaired) electrons. The topological polar surface area (TPSA) is 45.2 Å². The van der Waals surface area contributed by atoms with E-state index in [9.17, 15) is 4.79 Å². The average Bonchev–Trinajstić information content (AvgIpc) is 2.69. The SMILES string of the molecule is CCN(C(=O)c1cncc(NCc2ccc(C)cc2)c1)c1ccccc1. The second-order valence-electron chi connectivity index (χ2n) is 6.19. The van der Waals surface area contributed by atoms with Gasteiger partial charge in [0.25, 0.3) is 5.91 Å². The minimum Gasteiger partial charge on any atom is -0.380 e. The molecule has 0 spiro atoms. The Bertz CT molecular complexity index is 860. The highest BCUT2D eigenvalue weighted by molar-refractivity contribution is 6.06. The predicted octanol–water partition coefficient (Wildman–Crippen LogP) is 4.67. The van der Waals surface area contributed by atoms with E-state index in [1.807, 2.05) is 43.3 Å². The van der Waals surface area contributed by atoms with Crippen LogP contribution in [0, 0.1) is 6.92 Å². The molecule has 0 saturated carbocycles. The van der Waals surface area contributed by atoms with Gasteiger partial charge >= 0.3 is 0 Å². The summed E-state index contributed by atoms with van der Waals surface area (Å²) in [5.74, 6) is -0.0508. The first kappa shape index (κ1) is 17.7. The number of aryl methyl sites for hydroxylation is 1. The van der Waals surface area contributed by atoms with Gasteiger partial charge in [0.1, 0.15) is 0 Å². The number of carbonyl (C=O) groups is 1. The van der Waals surface area contributed by atoms with Gasteiger partial charge in [-0.25, -0.2) is 0 Å². The van der Waals surface area contributed by atoms with Crippen molar-refractivity contribution in [1.29, 1.82) is 0 Å². The highest BCUT2D eigenvalue weighted by Gasteiger charge is 2.16. The number of carbonyl (C=O) groups excluding carboxylic acids is 1. The van der Waals surface area contributed by atoms with E-state index < -0.39 is 0 Å². The molecule has 3 rings (SSSR count). The van der Waals surface area contributed by atoms with Crippen molar-refractivity contribution < 1.29 is 4.79 Å². The second kappa shape index (κ2) is 8.30. The molecule has 0 aliphatic heterocycles. The van der Waals surface area contributed by atoms with Crippen molar-refractivity contribution in [3.8, 4) is 0 Å². The van der Waals surface area contributed by atoms with Crippen molar-refractivity contribution in [3.05, 3.63) is 89.7 Å². The van der Waals surface area contributed by atoms with Crippen molar-refractivity contribution in [3.63, 3.8) is 0 Å². The third-order valence-corrected chi connectivity index (χ3v) is 4.23. The van der Waals surface area contributed by atoms with Crippen molar-refractivity contribution in [2.75, 3.05) is 16.8 Å². The molecule has 0 unspecified atom stereocenters. The van der Waals surface area contributed by atoms with Crippen LogP contribution in [-0.2, 0) is 6.54 Å². The summed E-state index contributed by atoms with van der Waals surface area (Å²) in [5, 5.41) is 3.34. The summed E-state index contributed by atoms with van der Waals surface area (Å²) in [5.41, 5.74) is 4.72. The molecule has 0 atom stereocenters. The number of pyridine rings is 1. The van der Waals surface area contributed by atoms with Crippen molar-refractivity contribution in [1.82, 2.24) is 4.98 Å². The van der Waals surface area contributed by atoms with Crippen LogP contribution in [0.1, 0.15) is 28.4 Å². The van der Waals surface area contributed by atoms with Gasteiger partial charge in [-0.05, 0) is 37.6 Å². The Kier molecular flexibility index (Phi) is 5.64. The largest absolute Gasteiger partial charge is 0.380 e. The minimum atomic E-state index is -0.0508. The van der Waals surface area contributed by atoms with Crippen LogP contribution in [0.15, 0.2) is 73.1 Å². The molecule has 1 aromatic heterocycles. The summed E-state index contributed by atoms with van der Waals surface area (Å²) in [4.78, 5) is 18.9. The molecular formula is C22H23N3O. The third kappa shape index (κ3) is 4.28. The Hall–Kier alpha value is -3.14. The summed E-state index contributed by atoms with van der Waals surface area (Å²) in [6, 6.07) is 19.9. The van der Waals surface area contributed by atoms with Gasteiger partial charge in [0.05, 0.1) is 11.3 Å². The van der Waals surface area contributed by atoms with Crippen LogP contribution in [0.2, 0.25) is 0 Å². The number of benzene rings is 2. The van der Waals surface area contributed by atoms with Gasteiger partial charge in [-0.2, -0.15) is 0 Å². The van der Waals surface area contributed by atoms with Gasteiger partial charge in [-0.3, -0.25) is 9.78 Å². The van der Waals surface area contributed by atoms with E-state index in [0.29, 0.717) is 18.7 Å². The maximum absolute atomic E-state index is 12.9. The van der Waals surface area contributed by atoms with Crippen molar-refractivity contribution in [2.24, 2.45) is 0 Å². The highest BCUT2D eigenvalue weighted by Crippen LogP contribution is 2.18. The first-order chi connectivity index (χ1) is 12.7. The van der Waals surface area contributed by atoms with Gasteiger partial charge in [0.2, 0.25) is 0 Å². The third-order valence-electron chi connectivity index (χ3n) is 4.23. The standard InChI is InChI=1S/C22H23N3O/c1-3-25(21-7-5-4-6-8-21)22(26)19-13-20(16-23-15-19)24-14-18-11-9-17(2)10-12-18/h4-13,15-16,24H,3,14H2,1-2H3. The molecule has 0 bridgehead atoms. The summed E-state index contributed by atoms with van der Waals surface area (Å²) >= 11 is 0. The predicted molar refractivity (Wildman–Crippen MR) is 107 cm³/mol. The van der Waals surface area contributed by atoms with Crippen molar-refractivity contribution in [2.45, 2.75) is 20.4 Å².